The molecule has 2 saturated heterocycles. The lowest BCUT2D eigenvalue weighted by Crippen LogP contribution is -2.48. The molecule has 2 atom stereocenters. The molecular weight excluding hydrogens is 341 g/mol. The third-order valence-corrected chi connectivity index (χ3v) is 5.46. The van der Waals surface area contributed by atoms with Crippen molar-refractivity contribution in [3.63, 3.8) is 0 Å². The summed E-state index contributed by atoms with van der Waals surface area (Å²) in [6.07, 6.45) is 4.81. The standard InChI is InChI=1S/C15H29N3OS.2ClH/c1-3-18(4-2)7-8-20-11-15(19)17-14-9-12-5-6-13(10-14)16-12;;/h12-14,16H,3-11H2,1-2H3,(H,17,19);2*1H. The molecule has 2 aliphatic heterocycles. The zero-order chi connectivity index (χ0) is 14.4. The van der Waals surface area contributed by atoms with Gasteiger partial charge in [-0.05, 0) is 38.8 Å². The average Bonchev–Trinajstić information content (AvgIpc) is 2.78. The van der Waals surface area contributed by atoms with Gasteiger partial charge in [0.05, 0.1) is 5.75 Å². The van der Waals surface area contributed by atoms with Crippen LogP contribution in [0.3, 0.4) is 0 Å². The normalized spacial score (nSPS) is 26.2. The van der Waals surface area contributed by atoms with E-state index in [0.717, 1.165) is 38.2 Å². The lowest BCUT2D eigenvalue weighted by Gasteiger charge is -2.29. The number of hydrogen-bond donors (Lipinski definition) is 2. The maximum atomic E-state index is 12.0. The summed E-state index contributed by atoms with van der Waals surface area (Å²) in [5.41, 5.74) is 0. The van der Waals surface area contributed by atoms with Gasteiger partial charge in [-0.2, -0.15) is 11.8 Å². The third-order valence-electron chi connectivity index (χ3n) is 4.52. The highest BCUT2D eigenvalue weighted by molar-refractivity contribution is 7.99. The van der Waals surface area contributed by atoms with Gasteiger partial charge in [0.2, 0.25) is 5.91 Å². The highest BCUT2D eigenvalue weighted by Crippen LogP contribution is 2.26. The van der Waals surface area contributed by atoms with Crippen molar-refractivity contribution in [2.45, 2.75) is 57.7 Å². The predicted octanol–water partition coefficient (Wildman–Crippen LogP) is 2.30. The quantitative estimate of drug-likeness (QED) is 0.642. The number of nitrogens with one attached hydrogen (secondary N) is 2. The second-order valence-corrected chi connectivity index (χ2v) is 7.06. The first kappa shape index (κ1) is 22.3. The van der Waals surface area contributed by atoms with Crippen molar-refractivity contribution in [3.05, 3.63) is 0 Å². The average molecular weight is 372 g/mol. The lowest BCUT2D eigenvalue weighted by atomic mass is 10.00. The largest absolute Gasteiger partial charge is 0.353 e. The van der Waals surface area contributed by atoms with Crippen molar-refractivity contribution in [1.29, 1.82) is 0 Å². The Morgan fingerprint density at radius 1 is 1.18 bits per heavy atom. The van der Waals surface area contributed by atoms with Crippen LogP contribution in [0.15, 0.2) is 0 Å². The molecule has 0 radical (unpaired) electrons. The number of hydrogen-bond acceptors (Lipinski definition) is 4. The van der Waals surface area contributed by atoms with Crippen LogP contribution in [0, 0.1) is 0 Å². The van der Waals surface area contributed by atoms with Crippen molar-refractivity contribution in [2.24, 2.45) is 0 Å². The van der Waals surface area contributed by atoms with Gasteiger partial charge in [-0.3, -0.25) is 4.79 Å². The van der Waals surface area contributed by atoms with E-state index >= 15 is 0 Å². The number of carbonyl (C=O) groups is 1. The van der Waals surface area contributed by atoms with Gasteiger partial charge in [0.1, 0.15) is 0 Å². The summed E-state index contributed by atoms with van der Waals surface area (Å²) in [6, 6.07) is 1.70. The molecule has 0 aromatic carbocycles. The molecule has 2 fully saturated rings. The molecule has 2 bridgehead atoms. The SMILES string of the molecule is CCN(CC)CCSCC(=O)NC1CC2CCC(C1)N2.Cl.Cl. The Balaban J connectivity index is 0.00000220. The second-order valence-electron chi connectivity index (χ2n) is 5.95. The Hall–Kier alpha value is 0.320. The van der Waals surface area contributed by atoms with Crippen molar-refractivity contribution in [1.82, 2.24) is 15.5 Å². The van der Waals surface area contributed by atoms with Crippen LogP contribution < -0.4 is 10.6 Å². The summed E-state index contributed by atoms with van der Waals surface area (Å²) in [7, 11) is 0. The van der Waals surface area contributed by atoms with Gasteiger partial charge in [0.25, 0.3) is 0 Å². The number of nitrogens with zero attached hydrogens (tertiary/aromatic N) is 1. The van der Waals surface area contributed by atoms with Crippen LogP contribution in [-0.2, 0) is 4.79 Å². The Morgan fingerprint density at radius 3 is 2.32 bits per heavy atom. The first-order valence-corrected chi connectivity index (χ1v) is 9.22. The summed E-state index contributed by atoms with van der Waals surface area (Å²) in [4.78, 5) is 14.4. The number of halogens is 2. The molecule has 22 heavy (non-hydrogen) atoms. The van der Waals surface area contributed by atoms with E-state index in [4.69, 9.17) is 0 Å². The van der Waals surface area contributed by atoms with E-state index in [1.807, 2.05) is 0 Å². The zero-order valence-corrected chi connectivity index (χ0v) is 16.1. The second kappa shape index (κ2) is 11.8. The maximum Gasteiger partial charge on any atom is 0.230 e. The molecule has 1 amide bonds. The number of rotatable bonds is 8. The number of piperidine rings is 1. The van der Waals surface area contributed by atoms with E-state index in [2.05, 4.69) is 29.4 Å². The lowest BCUT2D eigenvalue weighted by molar-refractivity contribution is -0.119. The van der Waals surface area contributed by atoms with Crippen molar-refractivity contribution < 1.29 is 4.79 Å². The van der Waals surface area contributed by atoms with Gasteiger partial charge in [-0.25, -0.2) is 0 Å². The Kier molecular flexibility index (Phi) is 12.0. The predicted molar refractivity (Wildman–Crippen MR) is 101 cm³/mol. The van der Waals surface area contributed by atoms with Crippen LogP contribution in [0.4, 0.5) is 0 Å². The Morgan fingerprint density at radius 2 is 1.77 bits per heavy atom. The van der Waals surface area contributed by atoms with Crippen LogP contribution in [0.5, 0.6) is 0 Å². The first-order valence-electron chi connectivity index (χ1n) is 8.06. The molecule has 4 nitrogen and oxygen atoms in total. The summed E-state index contributed by atoms with van der Waals surface area (Å²) >= 11 is 1.76. The first-order chi connectivity index (χ1) is 9.71. The van der Waals surface area contributed by atoms with E-state index < -0.39 is 0 Å². The minimum Gasteiger partial charge on any atom is -0.353 e. The molecule has 0 saturated carbocycles. The van der Waals surface area contributed by atoms with Crippen LogP contribution >= 0.6 is 36.6 Å². The molecule has 132 valence electrons. The van der Waals surface area contributed by atoms with E-state index in [1.54, 1.807) is 11.8 Å². The van der Waals surface area contributed by atoms with Crippen molar-refractivity contribution in [2.75, 3.05) is 31.1 Å². The summed E-state index contributed by atoms with van der Waals surface area (Å²) in [6.45, 7) is 7.66. The van der Waals surface area contributed by atoms with Crippen LogP contribution in [0.25, 0.3) is 0 Å². The Bertz CT molecular complexity index is 307. The minimum atomic E-state index is 0. The van der Waals surface area contributed by atoms with Crippen molar-refractivity contribution in [3.8, 4) is 0 Å². The highest BCUT2D eigenvalue weighted by atomic mass is 35.5. The molecule has 7 heteroatoms. The summed E-state index contributed by atoms with van der Waals surface area (Å²) < 4.78 is 0. The molecule has 2 rings (SSSR count). The molecule has 0 aliphatic carbocycles. The molecule has 2 heterocycles. The minimum absolute atomic E-state index is 0. The van der Waals surface area contributed by atoms with E-state index in [-0.39, 0.29) is 30.7 Å². The fourth-order valence-corrected chi connectivity index (χ4v) is 4.14. The molecule has 2 unspecified atom stereocenters. The number of carbonyl (C=O) groups excluding carboxylic acids is 1. The smallest absolute Gasteiger partial charge is 0.230 e. The summed E-state index contributed by atoms with van der Waals surface area (Å²) in [5, 5.41) is 6.83. The van der Waals surface area contributed by atoms with Gasteiger partial charge < -0.3 is 15.5 Å². The van der Waals surface area contributed by atoms with Gasteiger partial charge >= 0.3 is 0 Å². The van der Waals surface area contributed by atoms with Gasteiger partial charge in [-0.1, -0.05) is 13.8 Å². The van der Waals surface area contributed by atoms with E-state index in [1.165, 1.54) is 12.8 Å². The van der Waals surface area contributed by atoms with E-state index in [0.29, 0.717) is 23.9 Å². The molecule has 0 aromatic heterocycles. The molecule has 0 spiro atoms. The topological polar surface area (TPSA) is 44.4 Å². The van der Waals surface area contributed by atoms with Gasteiger partial charge in [0.15, 0.2) is 0 Å². The summed E-state index contributed by atoms with van der Waals surface area (Å²) in [5.74, 6) is 1.88. The third kappa shape index (κ3) is 7.26. The van der Waals surface area contributed by atoms with Gasteiger partial charge in [0, 0.05) is 30.4 Å². The molecule has 2 N–H and O–H groups in total. The van der Waals surface area contributed by atoms with Crippen molar-refractivity contribution >= 4 is 42.5 Å². The van der Waals surface area contributed by atoms with Crippen LogP contribution in [-0.4, -0.2) is 60.1 Å². The van der Waals surface area contributed by atoms with Gasteiger partial charge in [-0.15, -0.1) is 24.8 Å². The molecule has 0 aromatic rings. The number of fused-ring (bicyclic) bond motifs is 2. The number of amides is 1. The Labute approximate surface area is 151 Å². The highest BCUT2D eigenvalue weighted by Gasteiger charge is 2.33. The van der Waals surface area contributed by atoms with E-state index in [9.17, 15) is 4.79 Å². The monoisotopic (exact) mass is 371 g/mol. The fourth-order valence-electron chi connectivity index (χ4n) is 3.34. The molecule has 2 aliphatic rings. The van der Waals surface area contributed by atoms with Crippen LogP contribution in [0.1, 0.15) is 39.5 Å². The fraction of sp³-hybridized carbons (Fsp3) is 0.933. The maximum absolute atomic E-state index is 12.0. The van der Waals surface area contributed by atoms with Crippen LogP contribution in [0.2, 0.25) is 0 Å². The number of thioether (sulfide) groups is 1. The zero-order valence-electron chi connectivity index (χ0n) is 13.7. The molecular formula is C15H31Cl2N3OS.